The molecule has 3 rings (SSSR count). The van der Waals surface area contributed by atoms with Crippen LogP contribution in [-0.2, 0) is 13.0 Å². The number of hydrogen-bond donors (Lipinski definition) is 2. The summed E-state index contributed by atoms with van der Waals surface area (Å²) in [6.45, 7) is 3.84. The number of unbranched alkanes of at least 4 members (excludes halogenated alkanes) is 1. The molecule has 1 aliphatic carbocycles. The Morgan fingerprint density at radius 3 is 2.91 bits per heavy atom. The third kappa shape index (κ3) is 3.83. The van der Waals surface area contributed by atoms with E-state index in [0.717, 1.165) is 69.7 Å². The van der Waals surface area contributed by atoms with E-state index in [0.29, 0.717) is 6.04 Å². The quantitative estimate of drug-likeness (QED) is 0.748. The molecule has 1 unspecified atom stereocenters. The summed E-state index contributed by atoms with van der Waals surface area (Å²) in [5.74, 6) is 1.75. The van der Waals surface area contributed by atoms with Gasteiger partial charge < -0.3 is 15.3 Å². The molecule has 0 saturated heterocycles. The Kier molecular flexibility index (Phi) is 5.15. The molecule has 2 aliphatic rings. The molecule has 0 bridgehead atoms. The van der Waals surface area contributed by atoms with Crippen LogP contribution < -0.4 is 5.32 Å². The number of hydrogen-bond acceptors (Lipinski definition) is 4. The highest BCUT2D eigenvalue weighted by atomic mass is 16.3. The van der Waals surface area contributed by atoms with Gasteiger partial charge in [0, 0.05) is 32.2 Å². The lowest BCUT2D eigenvalue weighted by molar-refractivity contribution is 0.183. The molecule has 1 fully saturated rings. The summed E-state index contributed by atoms with van der Waals surface area (Å²) in [6.07, 6.45) is 6.52. The van der Waals surface area contributed by atoms with Crippen molar-refractivity contribution in [3.05, 3.63) is 11.6 Å². The number of amides is 2. The normalized spacial score (nSPS) is 20.2. The van der Waals surface area contributed by atoms with Gasteiger partial charge in [-0.1, -0.05) is 6.92 Å². The molecule has 0 aromatic carbocycles. The average molecular weight is 321 g/mol. The van der Waals surface area contributed by atoms with Gasteiger partial charge in [0.1, 0.15) is 5.82 Å². The van der Waals surface area contributed by atoms with Gasteiger partial charge in [-0.3, -0.25) is 0 Å². The zero-order valence-corrected chi connectivity index (χ0v) is 13.9. The van der Waals surface area contributed by atoms with Gasteiger partial charge in [0.15, 0.2) is 5.82 Å². The van der Waals surface area contributed by atoms with Gasteiger partial charge in [0.2, 0.25) is 0 Å². The Bertz CT molecular complexity index is 541. The fraction of sp³-hybridized carbons (Fsp3) is 0.812. The van der Waals surface area contributed by atoms with Crippen molar-refractivity contribution in [3.8, 4) is 0 Å². The highest BCUT2D eigenvalue weighted by Crippen LogP contribution is 2.29. The third-order valence-corrected chi connectivity index (χ3v) is 4.59. The van der Waals surface area contributed by atoms with Crippen molar-refractivity contribution >= 4 is 6.03 Å². The average Bonchev–Trinajstić information content (AvgIpc) is 3.29. The monoisotopic (exact) mass is 321 g/mol. The lowest BCUT2D eigenvalue weighted by Gasteiger charge is -2.28. The van der Waals surface area contributed by atoms with Crippen LogP contribution in [0.5, 0.6) is 0 Å². The number of carbonyl (C=O) groups is 1. The first kappa shape index (κ1) is 16.2. The topological polar surface area (TPSA) is 83.3 Å². The maximum absolute atomic E-state index is 12.7. The van der Waals surface area contributed by atoms with Crippen LogP contribution in [0.1, 0.15) is 63.1 Å². The smallest absolute Gasteiger partial charge is 0.318 e. The minimum atomic E-state index is -0.0388. The summed E-state index contributed by atoms with van der Waals surface area (Å²) < 4.78 is 1.94. The number of urea groups is 1. The van der Waals surface area contributed by atoms with Gasteiger partial charge in [0.05, 0.1) is 6.04 Å². The number of aromatic nitrogens is 3. The van der Waals surface area contributed by atoms with Crippen LogP contribution in [0.15, 0.2) is 0 Å². The number of aliphatic hydroxyl groups excluding tert-OH is 1. The number of nitrogens with zero attached hydrogens (tertiary/aromatic N) is 4. The fourth-order valence-corrected chi connectivity index (χ4v) is 3.15. The molecule has 1 atom stereocenters. The van der Waals surface area contributed by atoms with E-state index < -0.39 is 0 Å². The standard InChI is InChI=1S/C16H27N5O2/c1-2-14-18-15-13(6-5-10-21(15)19-14)17-16(23)20(12-7-8-12)9-3-4-11-22/h12-13,22H,2-11H2,1H3,(H,17,23). The van der Waals surface area contributed by atoms with Crippen molar-refractivity contribution in [2.24, 2.45) is 0 Å². The van der Waals surface area contributed by atoms with E-state index in [4.69, 9.17) is 5.11 Å². The Hall–Kier alpha value is -1.63. The second-order valence-corrected chi connectivity index (χ2v) is 6.46. The van der Waals surface area contributed by atoms with Crippen LogP contribution in [-0.4, -0.2) is 50.0 Å². The molecular formula is C16H27N5O2. The van der Waals surface area contributed by atoms with E-state index in [-0.39, 0.29) is 18.7 Å². The summed E-state index contributed by atoms with van der Waals surface area (Å²) in [5.41, 5.74) is 0. The van der Waals surface area contributed by atoms with Crippen molar-refractivity contribution < 1.29 is 9.90 Å². The molecule has 1 aromatic rings. The molecule has 128 valence electrons. The summed E-state index contributed by atoms with van der Waals surface area (Å²) >= 11 is 0. The zero-order chi connectivity index (χ0) is 16.2. The fourth-order valence-electron chi connectivity index (χ4n) is 3.15. The molecule has 1 aliphatic heterocycles. The van der Waals surface area contributed by atoms with E-state index in [2.05, 4.69) is 15.4 Å². The Balaban J connectivity index is 1.64. The van der Waals surface area contributed by atoms with Crippen LogP contribution in [0.3, 0.4) is 0 Å². The van der Waals surface area contributed by atoms with Crippen molar-refractivity contribution in [2.45, 2.75) is 70.5 Å². The zero-order valence-electron chi connectivity index (χ0n) is 13.9. The number of rotatable bonds is 7. The molecule has 2 N–H and O–H groups in total. The molecule has 0 spiro atoms. The molecule has 1 aromatic heterocycles. The molecule has 2 amide bonds. The minimum Gasteiger partial charge on any atom is -0.396 e. The lowest BCUT2D eigenvalue weighted by atomic mass is 10.1. The summed E-state index contributed by atoms with van der Waals surface area (Å²) in [6, 6.07) is 0.342. The van der Waals surface area contributed by atoms with E-state index in [1.54, 1.807) is 0 Å². The minimum absolute atomic E-state index is 0.00457. The Morgan fingerprint density at radius 1 is 1.39 bits per heavy atom. The summed E-state index contributed by atoms with van der Waals surface area (Å²) in [5, 5.41) is 16.6. The predicted molar refractivity (Wildman–Crippen MR) is 86.0 cm³/mol. The van der Waals surface area contributed by atoms with Crippen LogP contribution in [0, 0.1) is 0 Å². The Labute approximate surface area is 137 Å². The largest absolute Gasteiger partial charge is 0.396 e. The van der Waals surface area contributed by atoms with Gasteiger partial charge in [-0.05, 0) is 38.5 Å². The van der Waals surface area contributed by atoms with Gasteiger partial charge >= 0.3 is 6.03 Å². The SMILES string of the molecule is CCc1nc2n(n1)CCCC2NC(=O)N(CCCCO)C1CC1. The van der Waals surface area contributed by atoms with Crippen LogP contribution in [0.2, 0.25) is 0 Å². The van der Waals surface area contributed by atoms with E-state index in [1.165, 1.54) is 0 Å². The number of aliphatic hydroxyl groups is 1. The van der Waals surface area contributed by atoms with Crippen molar-refractivity contribution in [1.82, 2.24) is 25.0 Å². The van der Waals surface area contributed by atoms with E-state index >= 15 is 0 Å². The predicted octanol–water partition coefficient (Wildman–Crippen LogP) is 1.62. The Morgan fingerprint density at radius 2 is 2.22 bits per heavy atom. The van der Waals surface area contributed by atoms with Crippen LogP contribution >= 0.6 is 0 Å². The first-order valence-corrected chi connectivity index (χ1v) is 8.84. The van der Waals surface area contributed by atoms with Crippen molar-refractivity contribution in [3.63, 3.8) is 0 Å². The maximum Gasteiger partial charge on any atom is 0.318 e. The van der Waals surface area contributed by atoms with Crippen molar-refractivity contribution in [2.75, 3.05) is 13.2 Å². The van der Waals surface area contributed by atoms with Gasteiger partial charge in [0.25, 0.3) is 0 Å². The van der Waals surface area contributed by atoms with E-state index in [9.17, 15) is 4.79 Å². The second kappa shape index (κ2) is 7.29. The number of nitrogens with one attached hydrogen (secondary N) is 1. The third-order valence-electron chi connectivity index (χ3n) is 4.59. The van der Waals surface area contributed by atoms with Gasteiger partial charge in [-0.2, -0.15) is 5.10 Å². The first-order valence-electron chi connectivity index (χ1n) is 8.84. The van der Waals surface area contributed by atoms with Crippen LogP contribution in [0.4, 0.5) is 4.79 Å². The molecule has 7 nitrogen and oxygen atoms in total. The summed E-state index contributed by atoms with van der Waals surface area (Å²) in [4.78, 5) is 19.2. The maximum atomic E-state index is 12.7. The highest BCUT2D eigenvalue weighted by molar-refractivity contribution is 5.75. The van der Waals surface area contributed by atoms with Gasteiger partial charge in [-0.25, -0.2) is 14.5 Å². The molecule has 1 saturated carbocycles. The molecule has 23 heavy (non-hydrogen) atoms. The summed E-state index contributed by atoms with van der Waals surface area (Å²) in [7, 11) is 0. The highest BCUT2D eigenvalue weighted by Gasteiger charge is 2.34. The van der Waals surface area contributed by atoms with Gasteiger partial charge in [-0.15, -0.1) is 0 Å². The first-order chi connectivity index (χ1) is 11.2. The number of fused-ring (bicyclic) bond motifs is 1. The molecular weight excluding hydrogens is 294 g/mol. The molecule has 0 radical (unpaired) electrons. The molecule has 7 heteroatoms. The van der Waals surface area contributed by atoms with Crippen molar-refractivity contribution in [1.29, 1.82) is 0 Å². The number of carbonyl (C=O) groups excluding carboxylic acids is 1. The van der Waals surface area contributed by atoms with E-state index in [1.807, 2.05) is 16.5 Å². The molecule has 2 heterocycles. The number of aryl methyl sites for hydroxylation is 2. The van der Waals surface area contributed by atoms with Crippen LogP contribution in [0.25, 0.3) is 0 Å². The lowest BCUT2D eigenvalue weighted by Crippen LogP contribution is -2.44. The second-order valence-electron chi connectivity index (χ2n) is 6.46.